The molecule has 0 amide bonds. The summed E-state index contributed by atoms with van der Waals surface area (Å²) in [6.07, 6.45) is 0. The maximum absolute atomic E-state index is 10.5. The predicted octanol–water partition coefficient (Wildman–Crippen LogP) is 6.84. The number of hydrogen-bond acceptors (Lipinski definition) is 5. The molecule has 0 aliphatic rings. The van der Waals surface area contributed by atoms with E-state index in [1.165, 1.54) is 11.1 Å². The van der Waals surface area contributed by atoms with E-state index in [-0.39, 0.29) is 26.4 Å². The summed E-state index contributed by atoms with van der Waals surface area (Å²) in [4.78, 5) is 10.5. The average Bonchev–Trinajstić information content (AvgIpc) is 2.93. The number of rotatable bonds is 11. The molecular formula is C32H33NO4. The minimum atomic E-state index is -0.500. The summed E-state index contributed by atoms with van der Waals surface area (Å²) in [6.45, 7) is 6.91. The van der Waals surface area contributed by atoms with Crippen molar-refractivity contribution in [2.24, 2.45) is 5.18 Å². The van der Waals surface area contributed by atoms with E-state index in [0.717, 1.165) is 39.3 Å². The van der Waals surface area contributed by atoms with E-state index in [1.807, 2.05) is 32.0 Å². The summed E-state index contributed by atoms with van der Waals surface area (Å²) < 4.78 is 11.5. The number of ether oxygens (including phenoxy) is 2. The van der Waals surface area contributed by atoms with E-state index in [9.17, 15) is 10.0 Å². The highest BCUT2D eigenvalue weighted by molar-refractivity contribution is 5.72. The monoisotopic (exact) mass is 495 g/mol. The highest BCUT2D eigenvalue weighted by Gasteiger charge is 2.34. The summed E-state index contributed by atoms with van der Waals surface area (Å²) in [5.41, 5.74) is 7.25. The van der Waals surface area contributed by atoms with Gasteiger partial charge in [0.05, 0.1) is 6.61 Å². The van der Waals surface area contributed by atoms with E-state index < -0.39 is 5.41 Å². The molecule has 0 radical (unpaired) electrons. The molecule has 4 aromatic carbocycles. The Morgan fingerprint density at radius 2 is 1.32 bits per heavy atom. The van der Waals surface area contributed by atoms with Gasteiger partial charge in [-0.25, -0.2) is 0 Å². The second kappa shape index (κ2) is 11.8. The maximum Gasteiger partial charge on any atom is 0.122 e. The normalized spacial score (nSPS) is 12.5. The summed E-state index contributed by atoms with van der Waals surface area (Å²) in [6, 6.07) is 31.5. The molecule has 0 spiro atoms. The van der Waals surface area contributed by atoms with Crippen molar-refractivity contribution in [3.05, 3.63) is 124 Å². The summed E-state index contributed by atoms with van der Waals surface area (Å²) in [7, 11) is 0. The number of nitrogens with zero attached hydrogens (tertiary/aromatic N) is 1. The number of nitroso groups, excluding NO2 is 1. The van der Waals surface area contributed by atoms with Gasteiger partial charge >= 0.3 is 0 Å². The zero-order valence-electron chi connectivity index (χ0n) is 21.6. The Hall–Kier alpha value is -3.96. The third-order valence-corrected chi connectivity index (χ3v) is 6.84. The largest absolute Gasteiger partial charge is 0.491 e. The summed E-state index contributed by atoms with van der Waals surface area (Å²) in [5.74, 6) is 1.51. The fraction of sp³-hybridized carbons (Fsp3) is 0.250. The quantitative estimate of drug-likeness (QED) is 0.140. The van der Waals surface area contributed by atoms with Crippen molar-refractivity contribution >= 4 is 0 Å². The highest BCUT2D eigenvalue weighted by Crippen LogP contribution is 2.45. The molecule has 0 heterocycles. The molecule has 0 bridgehead atoms. The van der Waals surface area contributed by atoms with Crippen molar-refractivity contribution in [2.75, 3.05) is 26.4 Å². The van der Waals surface area contributed by atoms with Crippen molar-refractivity contribution in [3.63, 3.8) is 0 Å². The molecule has 4 aromatic rings. The van der Waals surface area contributed by atoms with Crippen molar-refractivity contribution < 1.29 is 14.6 Å². The predicted molar refractivity (Wildman–Crippen MR) is 149 cm³/mol. The average molecular weight is 496 g/mol. The lowest BCUT2D eigenvalue weighted by atomic mass is 9.68. The van der Waals surface area contributed by atoms with Crippen LogP contribution in [-0.4, -0.2) is 31.5 Å². The fourth-order valence-electron chi connectivity index (χ4n) is 4.86. The van der Waals surface area contributed by atoms with Crippen LogP contribution in [0.4, 0.5) is 0 Å². The molecule has 0 aliphatic carbocycles. The van der Waals surface area contributed by atoms with Gasteiger partial charge in [0.15, 0.2) is 0 Å². The van der Waals surface area contributed by atoms with Crippen LogP contribution in [0.25, 0.3) is 11.1 Å². The zero-order valence-corrected chi connectivity index (χ0v) is 21.6. The van der Waals surface area contributed by atoms with Gasteiger partial charge in [-0.05, 0) is 71.8 Å². The summed E-state index contributed by atoms with van der Waals surface area (Å²) >= 11 is 0. The van der Waals surface area contributed by atoms with E-state index in [4.69, 9.17) is 9.47 Å². The molecule has 1 unspecified atom stereocenters. The lowest BCUT2D eigenvalue weighted by Crippen LogP contribution is -2.26. The first kappa shape index (κ1) is 26.1. The molecule has 0 saturated heterocycles. The molecular weight excluding hydrogens is 462 g/mol. The smallest absolute Gasteiger partial charge is 0.122 e. The number of benzene rings is 4. The molecule has 190 valence electrons. The molecule has 4 rings (SSSR count). The van der Waals surface area contributed by atoms with Crippen LogP contribution in [-0.2, 0) is 5.41 Å². The second-order valence-electron chi connectivity index (χ2n) is 9.27. The first-order valence-electron chi connectivity index (χ1n) is 12.5. The molecule has 0 aromatic heterocycles. The van der Waals surface area contributed by atoms with E-state index in [2.05, 4.69) is 84.9 Å². The standard InChI is InChI=1S/C32H33NO4/c1-23-21-26(13-15-30(23)36-19-17-33-35)32(3,27-14-16-31(24(2)22-27)37-20-18-34)29-12-8-7-11-28(29)25-9-5-4-6-10-25/h4-16,21-22,34H,17-20H2,1-3H3. The van der Waals surface area contributed by atoms with E-state index >= 15 is 0 Å². The van der Waals surface area contributed by atoms with Crippen molar-refractivity contribution in [1.82, 2.24) is 0 Å². The van der Waals surface area contributed by atoms with Crippen LogP contribution in [0.15, 0.2) is 96.2 Å². The maximum atomic E-state index is 10.5. The number of aryl methyl sites for hydroxylation is 2. The van der Waals surface area contributed by atoms with Crippen LogP contribution >= 0.6 is 0 Å². The van der Waals surface area contributed by atoms with Crippen LogP contribution in [0.1, 0.15) is 34.7 Å². The lowest BCUT2D eigenvalue weighted by molar-refractivity contribution is 0.200. The van der Waals surface area contributed by atoms with Gasteiger partial charge < -0.3 is 14.6 Å². The van der Waals surface area contributed by atoms with Crippen molar-refractivity contribution in [3.8, 4) is 22.6 Å². The van der Waals surface area contributed by atoms with Crippen LogP contribution in [0.3, 0.4) is 0 Å². The molecule has 0 aliphatic heterocycles. The third-order valence-electron chi connectivity index (χ3n) is 6.84. The van der Waals surface area contributed by atoms with Gasteiger partial charge in [-0.15, -0.1) is 0 Å². The Morgan fingerprint density at radius 3 is 1.89 bits per heavy atom. The van der Waals surface area contributed by atoms with Gasteiger partial charge in [0, 0.05) is 5.41 Å². The first-order chi connectivity index (χ1) is 18.0. The number of aliphatic hydroxyl groups is 1. The Kier molecular flexibility index (Phi) is 8.36. The Bertz CT molecular complexity index is 1350. The van der Waals surface area contributed by atoms with Gasteiger partial charge in [-0.1, -0.05) is 84.0 Å². The lowest BCUT2D eigenvalue weighted by Gasteiger charge is -2.35. The molecule has 37 heavy (non-hydrogen) atoms. The summed E-state index contributed by atoms with van der Waals surface area (Å²) in [5, 5.41) is 12.1. The SMILES string of the molecule is Cc1cc(C(C)(c2ccc(OCCN=O)c(C)c2)c2ccccc2-c2ccccc2)ccc1OCCO. The minimum Gasteiger partial charge on any atom is -0.491 e. The van der Waals surface area contributed by atoms with Crippen LogP contribution in [0.5, 0.6) is 11.5 Å². The molecule has 1 atom stereocenters. The molecule has 5 heteroatoms. The minimum absolute atomic E-state index is 0.0278. The van der Waals surface area contributed by atoms with Gasteiger partial charge in [0.2, 0.25) is 0 Å². The van der Waals surface area contributed by atoms with Gasteiger partial charge in [-0.3, -0.25) is 0 Å². The van der Waals surface area contributed by atoms with Gasteiger partial charge in [0.25, 0.3) is 0 Å². The van der Waals surface area contributed by atoms with E-state index in [1.54, 1.807) is 0 Å². The zero-order chi connectivity index (χ0) is 26.3. The van der Waals surface area contributed by atoms with Gasteiger partial charge in [0.1, 0.15) is 31.3 Å². The highest BCUT2D eigenvalue weighted by atomic mass is 16.5. The fourth-order valence-corrected chi connectivity index (χ4v) is 4.86. The Morgan fingerprint density at radius 1 is 0.757 bits per heavy atom. The van der Waals surface area contributed by atoms with Gasteiger partial charge in [-0.2, -0.15) is 4.91 Å². The first-order valence-corrected chi connectivity index (χ1v) is 12.5. The number of aliphatic hydroxyl groups excluding tert-OH is 1. The van der Waals surface area contributed by atoms with Crippen LogP contribution in [0, 0.1) is 18.8 Å². The Labute approximate surface area is 218 Å². The van der Waals surface area contributed by atoms with Crippen LogP contribution in [0.2, 0.25) is 0 Å². The second-order valence-corrected chi connectivity index (χ2v) is 9.27. The molecule has 0 saturated carbocycles. The molecule has 5 nitrogen and oxygen atoms in total. The molecule has 1 N–H and O–H groups in total. The number of hydrogen-bond donors (Lipinski definition) is 1. The Balaban J connectivity index is 1.90. The van der Waals surface area contributed by atoms with Crippen molar-refractivity contribution in [1.29, 1.82) is 0 Å². The molecule has 0 fully saturated rings. The van der Waals surface area contributed by atoms with Crippen LogP contribution < -0.4 is 9.47 Å². The third kappa shape index (κ3) is 5.57. The topological polar surface area (TPSA) is 68.1 Å². The van der Waals surface area contributed by atoms with E-state index in [0.29, 0.717) is 0 Å². The van der Waals surface area contributed by atoms with Crippen molar-refractivity contribution in [2.45, 2.75) is 26.2 Å².